The minimum absolute atomic E-state index is 0.00784. The summed E-state index contributed by atoms with van der Waals surface area (Å²) in [6.45, 7) is 7.25. The fraction of sp³-hybridized carbons (Fsp3) is 0.421. The third kappa shape index (κ3) is 4.93. The van der Waals surface area contributed by atoms with Crippen molar-refractivity contribution in [1.82, 2.24) is 19.8 Å². The Kier molecular flexibility index (Phi) is 6.41. The van der Waals surface area contributed by atoms with Gasteiger partial charge in [0.2, 0.25) is 5.95 Å². The Balaban J connectivity index is 1.48. The summed E-state index contributed by atoms with van der Waals surface area (Å²) in [5.41, 5.74) is 1.73. The van der Waals surface area contributed by atoms with Crippen LogP contribution in [0.4, 0.5) is 5.95 Å². The quantitative estimate of drug-likeness (QED) is 0.843. The van der Waals surface area contributed by atoms with Gasteiger partial charge in [0.1, 0.15) is 0 Å². The number of benzene rings is 1. The second-order valence-electron chi connectivity index (χ2n) is 6.33. The van der Waals surface area contributed by atoms with Crippen molar-refractivity contribution in [3.8, 4) is 0 Å². The molecule has 138 valence electrons. The van der Waals surface area contributed by atoms with Crippen LogP contribution in [0.5, 0.6) is 0 Å². The van der Waals surface area contributed by atoms with Crippen LogP contribution in [0, 0.1) is 0 Å². The molecular formula is C19H24ClN5O. The number of halogens is 1. The summed E-state index contributed by atoms with van der Waals surface area (Å²) >= 11 is 5.88. The molecule has 7 heteroatoms. The van der Waals surface area contributed by atoms with E-state index in [9.17, 15) is 4.79 Å². The van der Waals surface area contributed by atoms with Crippen molar-refractivity contribution in [3.63, 3.8) is 0 Å². The number of rotatable bonds is 6. The summed E-state index contributed by atoms with van der Waals surface area (Å²) in [5, 5.41) is 3.92. The lowest BCUT2D eigenvalue weighted by atomic mass is 10.1. The van der Waals surface area contributed by atoms with Crippen LogP contribution in [0.1, 0.15) is 22.8 Å². The molecule has 0 saturated carbocycles. The van der Waals surface area contributed by atoms with Gasteiger partial charge in [0, 0.05) is 50.1 Å². The topological polar surface area (TPSA) is 61.4 Å². The molecule has 1 aliphatic rings. The highest BCUT2D eigenvalue weighted by Gasteiger charge is 2.21. The molecule has 0 spiro atoms. The number of nitrogens with zero attached hydrogens (tertiary/aromatic N) is 4. The van der Waals surface area contributed by atoms with Gasteiger partial charge >= 0.3 is 0 Å². The Morgan fingerprint density at radius 3 is 2.38 bits per heavy atom. The molecule has 3 rings (SSSR count). The number of carbonyl (C=O) groups excluding carboxylic acids is 1. The average molecular weight is 374 g/mol. The number of hydrogen-bond acceptors (Lipinski definition) is 5. The Bertz CT molecular complexity index is 712. The Morgan fingerprint density at radius 1 is 1.12 bits per heavy atom. The van der Waals surface area contributed by atoms with Crippen LogP contribution in [0.2, 0.25) is 5.02 Å². The molecule has 2 heterocycles. The molecule has 0 bridgehead atoms. The molecular weight excluding hydrogens is 350 g/mol. The SMILES string of the molecule is CCN1CCN(C(=O)c2cnc(NCCc3ccc(Cl)cc3)nc2)CC1. The van der Waals surface area contributed by atoms with Gasteiger partial charge in [-0.05, 0) is 30.7 Å². The molecule has 1 N–H and O–H groups in total. The van der Waals surface area contributed by atoms with Gasteiger partial charge in [-0.25, -0.2) is 9.97 Å². The summed E-state index contributed by atoms with van der Waals surface area (Å²) in [7, 11) is 0. The number of anilines is 1. The molecule has 2 aromatic rings. The van der Waals surface area contributed by atoms with E-state index in [1.165, 1.54) is 5.56 Å². The van der Waals surface area contributed by atoms with E-state index in [1.54, 1.807) is 12.4 Å². The Labute approximate surface area is 159 Å². The number of amides is 1. The van der Waals surface area contributed by atoms with Crippen molar-refractivity contribution < 1.29 is 4.79 Å². The van der Waals surface area contributed by atoms with Crippen LogP contribution < -0.4 is 5.32 Å². The van der Waals surface area contributed by atoms with Crippen molar-refractivity contribution in [2.24, 2.45) is 0 Å². The number of likely N-dealkylation sites (N-methyl/N-ethyl adjacent to an activating group) is 1. The van der Waals surface area contributed by atoms with Crippen LogP contribution >= 0.6 is 11.6 Å². The summed E-state index contributed by atoms with van der Waals surface area (Å²) in [6, 6.07) is 7.78. The number of nitrogens with one attached hydrogen (secondary N) is 1. The number of hydrogen-bond donors (Lipinski definition) is 1. The maximum Gasteiger partial charge on any atom is 0.257 e. The molecule has 1 aromatic heterocycles. The number of carbonyl (C=O) groups is 1. The van der Waals surface area contributed by atoms with Gasteiger partial charge in [-0.2, -0.15) is 0 Å². The first-order valence-electron chi connectivity index (χ1n) is 8.97. The number of aromatic nitrogens is 2. The van der Waals surface area contributed by atoms with E-state index in [4.69, 9.17) is 11.6 Å². The Hall–Kier alpha value is -2.18. The zero-order valence-electron chi connectivity index (χ0n) is 15.0. The molecule has 1 aliphatic heterocycles. The lowest BCUT2D eigenvalue weighted by molar-refractivity contribution is 0.0642. The molecule has 1 fully saturated rings. The van der Waals surface area contributed by atoms with Crippen LogP contribution in [-0.4, -0.2) is 64.9 Å². The van der Waals surface area contributed by atoms with Crippen molar-refractivity contribution in [3.05, 3.63) is 52.8 Å². The van der Waals surface area contributed by atoms with E-state index in [0.717, 1.165) is 44.2 Å². The molecule has 6 nitrogen and oxygen atoms in total. The number of piperazine rings is 1. The molecule has 0 aliphatic carbocycles. The smallest absolute Gasteiger partial charge is 0.257 e. The standard InChI is InChI=1S/C19H24ClN5O/c1-2-24-9-11-25(12-10-24)18(26)16-13-22-19(23-14-16)21-8-7-15-3-5-17(20)6-4-15/h3-6,13-14H,2,7-12H2,1H3,(H,21,22,23). The predicted octanol–water partition coefficient (Wildman–Crippen LogP) is 2.56. The van der Waals surface area contributed by atoms with Crippen molar-refractivity contribution in [2.75, 3.05) is 44.6 Å². The molecule has 0 atom stereocenters. The van der Waals surface area contributed by atoms with Crippen LogP contribution in [0.25, 0.3) is 0 Å². The van der Waals surface area contributed by atoms with Gasteiger partial charge in [0.05, 0.1) is 5.56 Å². The first kappa shape index (κ1) is 18.6. The molecule has 1 amide bonds. The molecule has 1 aromatic carbocycles. The van der Waals surface area contributed by atoms with Crippen molar-refractivity contribution in [1.29, 1.82) is 0 Å². The molecule has 26 heavy (non-hydrogen) atoms. The molecule has 0 unspecified atom stereocenters. The van der Waals surface area contributed by atoms with Gasteiger partial charge in [0.15, 0.2) is 0 Å². The highest BCUT2D eigenvalue weighted by atomic mass is 35.5. The Morgan fingerprint density at radius 2 is 1.77 bits per heavy atom. The summed E-state index contributed by atoms with van der Waals surface area (Å²) in [6.07, 6.45) is 4.06. The zero-order valence-corrected chi connectivity index (χ0v) is 15.7. The highest BCUT2D eigenvalue weighted by Crippen LogP contribution is 2.11. The van der Waals surface area contributed by atoms with Crippen molar-refractivity contribution in [2.45, 2.75) is 13.3 Å². The second-order valence-corrected chi connectivity index (χ2v) is 6.76. The van der Waals surface area contributed by atoms with Crippen molar-refractivity contribution >= 4 is 23.5 Å². The summed E-state index contributed by atoms with van der Waals surface area (Å²) in [5.74, 6) is 0.541. The maximum absolute atomic E-state index is 12.5. The van der Waals surface area contributed by atoms with E-state index in [-0.39, 0.29) is 5.91 Å². The van der Waals surface area contributed by atoms with E-state index >= 15 is 0 Å². The third-order valence-corrected chi connectivity index (χ3v) is 4.87. The minimum Gasteiger partial charge on any atom is -0.354 e. The fourth-order valence-electron chi connectivity index (χ4n) is 2.95. The normalized spacial score (nSPS) is 15.1. The lowest BCUT2D eigenvalue weighted by Crippen LogP contribution is -2.48. The second kappa shape index (κ2) is 8.96. The minimum atomic E-state index is 0.00784. The predicted molar refractivity (Wildman–Crippen MR) is 104 cm³/mol. The monoisotopic (exact) mass is 373 g/mol. The van der Waals surface area contributed by atoms with Gasteiger partial charge in [0.25, 0.3) is 5.91 Å². The maximum atomic E-state index is 12.5. The third-order valence-electron chi connectivity index (χ3n) is 4.62. The van der Waals surface area contributed by atoms with Crippen LogP contribution in [-0.2, 0) is 6.42 Å². The average Bonchev–Trinajstić information content (AvgIpc) is 2.69. The van der Waals surface area contributed by atoms with Gasteiger partial charge < -0.3 is 15.1 Å². The largest absolute Gasteiger partial charge is 0.354 e. The van der Waals surface area contributed by atoms with Gasteiger partial charge in [-0.3, -0.25) is 4.79 Å². The summed E-state index contributed by atoms with van der Waals surface area (Å²) < 4.78 is 0. The van der Waals surface area contributed by atoms with E-state index in [2.05, 4.69) is 27.1 Å². The fourth-order valence-corrected chi connectivity index (χ4v) is 3.08. The van der Waals surface area contributed by atoms with Crippen LogP contribution in [0.15, 0.2) is 36.7 Å². The first-order chi connectivity index (χ1) is 12.7. The van der Waals surface area contributed by atoms with E-state index < -0.39 is 0 Å². The zero-order chi connectivity index (χ0) is 18.4. The van der Waals surface area contributed by atoms with E-state index in [0.29, 0.717) is 18.1 Å². The lowest BCUT2D eigenvalue weighted by Gasteiger charge is -2.33. The van der Waals surface area contributed by atoms with Gasteiger partial charge in [-0.1, -0.05) is 30.7 Å². The molecule has 1 saturated heterocycles. The first-order valence-corrected chi connectivity index (χ1v) is 9.35. The highest BCUT2D eigenvalue weighted by molar-refractivity contribution is 6.30. The summed E-state index contributed by atoms with van der Waals surface area (Å²) in [4.78, 5) is 25.3. The molecule has 0 radical (unpaired) electrons. The van der Waals surface area contributed by atoms with Gasteiger partial charge in [-0.15, -0.1) is 0 Å². The van der Waals surface area contributed by atoms with E-state index in [1.807, 2.05) is 29.2 Å². The van der Waals surface area contributed by atoms with Crippen LogP contribution in [0.3, 0.4) is 0 Å².